The third-order valence-electron chi connectivity index (χ3n) is 2.01. The van der Waals surface area contributed by atoms with E-state index in [1.165, 1.54) is 0 Å². The molecule has 15 heavy (non-hydrogen) atoms. The fraction of sp³-hybridized carbons (Fsp3) is 0. The van der Waals surface area contributed by atoms with Crippen molar-refractivity contribution in [2.75, 3.05) is 0 Å². The molecule has 0 spiro atoms. The van der Waals surface area contributed by atoms with Gasteiger partial charge in [0.05, 0.1) is 6.21 Å². The van der Waals surface area contributed by atoms with Crippen molar-refractivity contribution in [3.05, 3.63) is 36.0 Å². The third kappa shape index (κ3) is 1.96. The number of hydrogen-bond donors (Lipinski definition) is 4. The highest BCUT2D eigenvalue weighted by atomic mass is 15.3. The van der Waals surface area contributed by atoms with Crippen LogP contribution in [0.15, 0.2) is 35.6 Å². The van der Waals surface area contributed by atoms with E-state index in [0.29, 0.717) is 0 Å². The summed E-state index contributed by atoms with van der Waals surface area (Å²) in [5, 5.41) is 11.8. The first-order valence-electron chi connectivity index (χ1n) is 4.46. The largest absolute Gasteiger partial charge is 0.369 e. The number of aromatic nitrogens is 1. The quantitative estimate of drug-likeness (QED) is 0.331. The number of fused-ring (bicyclic) bond motifs is 1. The van der Waals surface area contributed by atoms with Gasteiger partial charge in [-0.1, -0.05) is 18.2 Å². The van der Waals surface area contributed by atoms with Crippen LogP contribution in [0.2, 0.25) is 0 Å². The number of nitrogens with two attached hydrogens (primary N) is 1. The number of H-pyrrole nitrogens is 1. The Morgan fingerprint density at radius 1 is 1.47 bits per heavy atom. The van der Waals surface area contributed by atoms with Crippen LogP contribution in [-0.4, -0.2) is 17.2 Å². The van der Waals surface area contributed by atoms with Gasteiger partial charge in [0.15, 0.2) is 0 Å². The summed E-state index contributed by atoms with van der Waals surface area (Å²) in [6, 6.07) is 7.92. The van der Waals surface area contributed by atoms with Gasteiger partial charge in [0.2, 0.25) is 5.96 Å². The lowest BCUT2D eigenvalue weighted by Gasteiger charge is -1.93. The zero-order valence-corrected chi connectivity index (χ0v) is 7.99. The van der Waals surface area contributed by atoms with Gasteiger partial charge in [-0.05, 0) is 6.07 Å². The molecule has 5 heteroatoms. The van der Waals surface area contributed by atoms with Crippen LogP contribution in [0.5, 0.6) is 0 Å². The summed E-state index contributed by atoms with van der Waals surface area (Å²) in [5.41, 5.74) is 9.48. The molecule has 0 aliphatic carbocycles. The molecule has 0 aliphatic rings. The van der Waals surface area contributed by atoms with Gasteiger partial charge in [-0.25, -0.2) is 5.43 Å². The van der Waals surface area contributed by atoms with Gasteiger partial charge in [0.1, 0.15) is 0 Å². The van der Waals surface area contributed by atoms with E-state index < -0.39 is 0 Å². The van der Waals surface area contributed by atoms with Crippen molar-refractivity contribution in [2.45, 2.75) is 0 Å². The van der Waals surface area contributed by atoms with Crippen LogP contribution in [0.25, 0.3) is 10.9 Å². The molecule has 2 aromatic rings. The number of guanidine groups is 1. The molecule has 0 aliphatic heterocycles. The minimum atomic E-state index is -0.175. The van der Waals surface area contributed by atoms with Crippen LogP contribution < -0.4 is 11.2 Å². The van der Waals surface area contributed by atoms with Crippen molar-refractivity contribution in [2.24, 2.45) is 10.8 Å². The molecule has 1 aromatic carbocycles. The minimum Gasteiger partial charge on any atom is -0.369 e. The van der Waals surface area contributed by atoms with Gasteiger partial charge < -0.3 is 10.7 Å². The summed E-state index contributed by atoms with van der Waals surface area (Å²) >= 11 is 0. The zero-order valence-electron chi connectivity index (χ0n) is 7.99. The topological polar surface area (TPSA) is 90.1 Å². The van der Waals surface area contributed by atoms with Crippen molar-refractivity contribution >= 4 is 23.1 Å². The molecule has 1 heterocycles. The first-order chi connectivity index (χ1) is 7.27. The van der Waals surface area contributed by atoms with Crippen molar-refractivity contribution in [3.63, 3.8) is 0 Å². The van der Waals surface area contributed by atoms with Crippen LogP contribution in [0.3, 0.4) is 0 Å². The maximum absolute atomic E-state index is 6.93. The summed E-state index contributed by atoms with van der Waals surface area (Å²) in [6.45, 7) is 0. The predicted molar refractivity (Wildman–Crippen MR) is 60.9 cm³/mol. The number of hydrazone groups is 1. The normalized spacial score (nSPS) is 10.9. The van der Waals surface area contributed by atoms with Crippen molar-refractivity contribution < 1.29 is 0 Å². The first kappa shape index (κ1) is 9.26. The minimum absolute atomic E-state index is 0.175. The Kier molecular flexibility index (Phi) is 2.37. The molecule has 5 N–H and O–H groups in total. The second-order valence-corrected chi connectivity index (χ2v) is 3.07. The van der Waals surface area contributed by atoms with E-state index in [2.05, 4.69) is 15.5 Å². The predicted octanol–water partition coefficient (Wildman–Crippen LogP) is 0.985. The monoisotopic (exact) mass is 201 g/mol. The number of aromatic amines is 1. The molecular formula is C10H11N5. The molecule has 0 unspecified atom stereocenters. The highest BCUT2D eigenvalue weighted by Crippen LogP contribution is 2.15. The lowest BCUT2D eigenvalue weighted by atomic mass is 10.2. The summed E-state index contributed by atoms with van der Waals surface area (Å²) in [4.78, 5) is 3.12. The number of para-hydroxylation sites is 1. The van der Waals surface area contributed by atoms with Gasteiger partial charge in [0.25, 0.3) is 0 Å². The molecule has 0 saturated carbocycles. The lowest BCUT2D eigenvalue weighted by molar-refractivity contribution is 1.00. The molecule has 2 rings (SSSR count). The molecule has 0 bridgehead atoms. The molecule has 5 nitrogen and oxygen atoms in total. The van der Waals surface area contributed by atoms with E-state index in [-0.39, 0.29) is 5.96 Å². The van der Waals surface area contributed by atoms with E-state index in [1.807, 2.05) is 30.5 Å². The Bertz CT molecular complexity index is 511. The van der Waals surface area contributed by atoms with Crippen molar-refractivity contribution in [1.29, 1.82) is 5.41 Å². The van der Waals surface area contributed by atoms with Crippen LogP contribution in [0.4, 0.5) is 0 Å². The van der Waals surface area contributed by atoms with Gasteiger partial charge >= 0.3 is 0 Å². The number of rotatable bonds is 2. The second-order valence-electron chi connectivity index (χ2n) is 3.07. The Morgan fingerprint density at radius 2 is 2.27 bits per heavy atom. The smallest absolute Gasteiger partial charge is 0.206 e. The maximum atomic E-state index is 6.93. The molecule has 0 atom stereocenters. The summed E-state index contributed by atoms with van der Waals surface area (Å²) in [7, 11) is 0. The average molecular weight is 201 g/mol. The highest BCUT2D eigenvalue weighted by Gasteiger charge is 1.98. The molecule has 0 fully saturated rings. The van der Waals surface area contributed by atoms with Crippen molar-refractivity contribution in [3.8, 4) is 0 Å². The maximum Gasteiger partial charge on any atom is 0.206 e. The SMILES string of the molecule is N=C(N)N/N=C/c1c[nH]c2ccccc12. The summed E-state index contributed by atoms with van der Waals surface area (Å²) in [6.07, 6.45) is 3.48. The molecule has 76 valence electrons. The van der Waals surface area contributed by atoms with Gasteiger partial charge in [-0.3, -0.25) is 5.41 Å². The summed E-state index contributed by atoms with van der Waals surface area (Å²) in [5.74, 6) is -0.175. The number of nitrogens with one attached hydrogen (secondary N) is 3. The van der Waals surface area contributed by atoms with Crippen LogP contribution in [0, 0.1) is 5.41 Å². The van der Waals surface area contributed by atoms with E-state index in [9.17, 15) is 0 Å². The fourth-order valence-electron chi connectivity index (χ4n) is 1.37. The Hall–Kier alpha value is -2.30. The molecule has 0 radical (unpaired) electrons. The van der Waals surface area contributed by atoms with E-state index >= 15 is 0 Å². The van der Waals surface area contributed by atoms with Gasteiger partial charge in [-0.2, -0.15) is 5.10 Å². The standard InChI is InChI=1S/C10H11N5/c11-10(12)15-14-6-7-5-13-9-4-2-1-3-8(7)9/h1-6,13H,(H4,11,12,15)/b14-6+. The lowest BCUT2D eigenvalue weighted by Crippen LogP contribution is -2.25. The number of hydrogen-bond acceptors (Lipinski definition) is 2. The number of nitrogens with zero attached hydrogens (tertiary/aromatic N) is 1. The van der Waals surface area contributed by atoms with Crippen molar-refractivity contribution in [1.82, 2.24) is 10.4 Å². The Balaban J connectivity index is 2.28. The molecule has 0 amide bonds. The Labute approximate surface area is 86.5 Å². The third-order valence-corrected chi connectivity index (χ3v) is 2.01. The Morgan fingerprint density at radius 3 is 3.07 bits per heavy atom. The van der Waals surface area contributed by atoms with E-state index in [4.69, 9.17) is 11.1 Å². The molecule has 1 aromatic heterocycles. The zero-order chi connectivity index (χ0) is 10.7. The fourth-order valence-corrected chi connectivity index (χ4v) is 1.37. The van der Waals surface area contributed by atoms with Gasteiger partial charge in [-0.15, -0.1) is 0 Å². The van der Waals surface area contributed by atoms with Crippen LogP contribution in [0.1, 0.15) is 5.56 Å². The van der Waals surface area contributed by atoms with Crippen LogP contribution >= 0.6 is 0 Å². The first-order valence-corrected chi connectivity index (χ1v) is 4.46. The molecular weight excluding hydrogens is 190 g/mol. The van der Waals surface area contributed by atoms with Gasteiger partial charge in [0, 0.05) is 22.7 Å². The summed E-state index contributed by atoms with van der Waals surface area (Å²) < 4.78 is 0. The highest BCUT2D eigenvalue weighted by molar-refractivity contribution is 5.99. The second kappa shape index (κ2) is 3.83. The van der Waals surface area contributed by atoms with Crippen LogP contribution in [-0.2, 0) is 0 Å². The van der Waals surface area contributed by atoms with E-state index in [1.54, 1.807) is 6.21 Å². The number of benzene rings is 1. The average Bonchev–Trinajstić information content (AvgIpc) is 2.62. The van der Waals surface area contributed by atoms with E-state index in [0.717, 1.165) is 16.5 Å². The molecule has 0 saturated heterocycles.